The van der Waals surface area contributed by atoms with Crippen molar-refractivity contribution in [3.05, 3.63) is 34.0 Å². The van der Waals surface area contributed by atoms with E-state index in [1.807, 2.05) is 20.9 Å². The normalized spacial score (nSPS) is 12.0. The Morgan fingerprint density at radius 1 is 1.45 bits per heavy atom. The fourth-order valence-electron chi connectivity index (χ4n) is 1.91. The number of nitrogens with zero attached hydrogens (tertiary/aromatic N) is 2. The van der Waals surface area contributed by atoms with Crippen molar-refractivity contribution in [1.29, 1.82) is 0 Å². The lowest BCUT2D eigenvalue weighted by Crippen LogP contribution is -2.23. The molecule has 6 nitrogen and oxygen atoms in total. The lowest BCUT2D eigenvalue weighted by molar-refractivity contribution is 0.583. The SMILES string of the molecule is Cc1nn(C)c(C)c1CNS(=O)(=O)c1cc(CN)cs1. The molecule has 2 aromatic heterocycles. The lowest BCUT2D eigenvalue weighted by Gasteiger charge is -2.05. The van der Waals surface area contributed by atoms with Gasteiger partial charge < -0.3 is 5.73 Å². The van der Waals surface area contributed by atoms with E-state index in [4.69, 9.17) is 5.73 Å². The van der Waals surface area contributed by atoms with Crippen molar-refractivity contribution in [2.24, 2.45) is 12.8 Å². The minimum atomic E-state index is -3.50. The molecule has 2 rings (SSSR count). The summed E-state index contributed by atoms with van der Waals surface area (Å²) in [6.45, 7) is 4.37. The van der Waals surface area contributed by atoms with Crippen LogP contribution >= 0.6 is 11.3 Å². The summed E-state index contributed by atoms with van der Waals surface area (Å²) in [5.74, 6) is 0. The summed E-state index contributed by atoms with van der Waals surface area (Å²) < 4.78 is 29.0. The molecule has 0 aliphatic carbocycles. The number of sulfonamides is 1. The molecule has 2 aromatic rings. The first-order valence-electron chi connectivity index (χ1n) is 6.11. The quantitative estimate of drug-likeness (QED) is 0.862. The first kappa shape index (κ1) is 15.2. The van der Waals surface area contributed by atoms with Crippen molar-refractivity contribution in [1.82, 2.24) is 14.5 Å². The minimum absolute atomic E-state index is 0.240. The zero-order valence-electron chi connectivity index (χ0n) is 11.7. The highest BCUT2D eigenvalue weighted by Crippen LogP contribution is 2.20. The van der Waals surface area contributed by atoms with Crippen LogP contribution in [0.5, 0.6) is 0 Å². The lowest BCUT2D eigenvalue weighted by atomic mass is 10.2. The van der Waals surface area contributed by atoms with Gasteiger partial charge in [0.05, 0.1) is 5.69 Å². The van der Waals surface area contributed by atoms with Crippen molar-refractivity contribution in [2.45, 2.75) is 31.1 Å². The summed E-state index contributed by atoms with van der Waals surface area (Å²) in [5, 5.41) is 6.03. The van der Waals surface area contributed by atoms with E-state index in [1.54, 1.807) is 16.1 Å². The Kier molecular flexibility index (Phi) is 4.28. The zero-order chi connectivity index (χ0) is 14.9. The molecule has 0 fully saturated rings. The van der Waals surface area contributed by atoms with Crippen LogP contribution in [-0.4, -0.2) is 18.2 Å². The zero-order valence-corrected chi connectivity index (χ0v) is 13.3. The monoisotopic (exact) mass is 314 g/mol. The van der Waals surface area contributed by atoms with Gasteiger partial charge in [-0.25, -0.2) is 13.1 Å². The molecule has 0 amide bonds. The molecule has 3 N–H and O–H groups in total. The number of thiophene rings is 1. The van der Waals surface area contributed by atoms with Gasteiger partial charge in [-0.3, -0.25) is 4.68 Å². The first-order valence-corrected chi connectivity index (χ1v) is 8.47. The average molecular weight is 314 g/mol. The Labute approximate surface area is 122 Å². The van der Waals surface area contributed by atoms with Gasteiger partial charge in [-0.1, -0.05) is 0 Å². The summed E-state index contributed by atoms with van der Waals surface area (Å²) in [5.41, 5.74) is 9.02. The minimum Gasteiger partial charge on any atom is -0.326 e. The Balaban J connectivity index is 2.17. The number of rotatable bonds is 5. The highest BCUT2D eigenvalue weighted by molar-refractivity contribution is 7.91. The van der Waals surface area contributed by atoms with Gasteiger partial charge in [-0.05, 0) is 30.9 Å². The predicted octanol–water partition coefficient (Wildman–Crippen LogP) is 1.04. The third kappa shape index (κ3) is 2.93. The smallest absolute Gasteiger partial charge is 0.250 e. The second-order valence-corrected chi connectivity index (χ2v) is 7.48. The average Bonchev–Trinajstić information content (AvgIpc) is 2.95. The summed E-state index contributed by atoms with van der Waals surface area (Å²) in [6.07, 6.45) is 0. The largest absolute Gasteiger partial charge is 0.326 e. The third-order valence-electron chi connectivity index (χ3n) is 3.23. The molecule has 0 aromatic carbocycles. The molecule has 0 spiro atoms. The van der Waals surface area contributed by atoms with Crippen molar-refractivity contribution in [3.8, 4) is 0 Å². The molecule has 0 bridgehead atoms. The molecule has 0 saturated heterocycles. The maximum Gasteiger partial charge on any atom is 0.250 e. The molecule has 110 valence electrons. The van der Waals surface area contributed by atoms with Gasteiger partial charge in [0.25, 0.3) is 0 Å². The highest BCUT2D eigenvalue weighted by Gasteiger charge is 2.18. The highest BCUT2D eigenvalue weighted by atomic mass is 32.2. The second kappa shape index (κ2) is 5.65. The van der Waals surface area contributed by atoms with Crippen LogP contribution in [0.2, 0.25) is 0 Å². The van der Waals surface area contributed by atoms with Crippen molar-refractivity contribution < 1.29 is 8.42 Å². The number of nitrogens with one attached hydrogen (secondary N) is 1. The Bertz CT molecular complexity index is 716. The molecule has 0 radical (unpaired) electrons. The van der Waals surface area contributed by atoms with Crippen LogP contribution in [0, 0.1) is 13.8 Å². The second-order valence-electron chi connectivity index (χ2n) is 4.58. The number of aromatic nitrogens is 2. The Morgan fingerprint density at radius 2 is 2.15 bits per heavy atom. The predicted molar refractivity (Wildman–Crippen MR) is 78.9 cm³/mol. The van der Waals surface area contributed by atoms with Crippen LogP contribution in [0.4, 0.5) is 0 Å². The van der Waals surface area contributed by atoms with Crippen LogP contribution in [0.1, 0.15) is 22.5 Å². The van der Waals surface area contributed by atoms with E-state index in [0.717, 1.165) is 22.5 Å². The molecule has 0 unspecified atom stereocenters. The summed E-state index contributed by atoms with van der Waals surface area (Å²) in [7, 11) is -1.66. The van der Waals surface area contributed by atoms with Crippen LogP contribution < -0.4 is 10.5 Å². The van der Waals surface area contributed by atoms with E-state index in [9.17, 15) is 8.42 Å². The maximum atomic E-state index is 12.2. The third-order valence-corrected chi connectivity index (χ3v) is 6.12. The van der Waals surface area contributed by atoms with E-state index in [0.29, 0.717) is 6.54 Å². The standard InChI is InChI=1S/C12H18N4O2S2/c1-8-11(9(2)16(3)15-8)6-14-20(17,18)12-4-10(5-13)7-19-12/h4,7,14H,5-6,13H2,1-3H3. The van der Waals surface area contributed by atoms with E-state index in [1.165, 1.54) is 11.3 Å². The van der Waals surface area contributed by atoms with E-state index in [2.05, 4.69) is 9.82 Å². The number of hydrogen-bond donors (Lipinski definition) is 2. The molecule has 0 aliphatic heterocycles. The Hall–Kier alpha value is -1.22. The van der Waals surface area contributed by atoms with E-state index in [-0.39, 0.29) is 10.8 Å². The van der Waals surface area contributed by atoms with Crippen LogP contribution in [0.15, 0.2) is 15.7 Å². The van der Waals surface area contributed by atoms with Gasteiger partial charge >= 0.3 is 0 Å². The van der Waals surface area contributed by atoms with Gasteiger partial charge in [-0.2, -0.15) is 5.10 Å². The summed E-state index contributed by atoms with van der Waals surface area (Å²) >= 11 is 1.18. The van der Waals surface area contributed by atoms with E-state index >= 15 is 0 Å². The van der Waals surface area contributed by atoms with Gasteiger partial charge in [0.1, 0.15) is 4.21 Å². The van der Waals surface area contributed by atoms with Crippen molar-refractivity contribution >= 4 is 21.4 Å². The van der Waals surface area contributed by atoms with Gasteiger partial charge in [-0.15, -0.1) is 11.3 Å². The molecular weight excluding hydrogens is 296 g/mol. The fourth-order valence-corrected chi connectivity index (χ4v) is 4.17. The van der Waals surface area contributed by atoms with E-state index < -0.39 is 10.0 Å². The molecule has 20 heavy (non-hydrogen) atoms. The molecular formula is C12H18N4O2S2. The Morgan fingerprint density at radius 3 is 2.65 bits per heavy atom. The van der Waals surface area contributed by atoms with Gasteiger partial charge in [0, 0.05) is 31.4 Å². The van der Waals surface area contributed by atoms with Crippen molar-refractivity contribution in [2.75, 3.05) is 0 Å². The van der Waals surface area contributed by atoms with Crippen LogP contribution in [-0.2, 0) is 30.2 Å². The van der Waals surface area contributed by atoms with Gasteiger partial charge in [0.2, 0.25) is 10.0 Å². The molecule has 0 aliphatic rings. The van der Waals surface area contributed by atoms with Gasteiger partial charge in [0.15, 0.2) is 0 Å². The molecule has 2 heterocycles. The number of nitrogens with two attached hydrogens (primary N) is 1. The van der Waals surface area contributed by atoms with Crippen LogP contribution in [0.25, 0.3) is 0 Å². The summed E-state index contributed by atoms with van der Waals surface area (Å²) in [4.78, 5) is 0. The number of hydrogen-bond acceptors (Lipinski definition) is 5. The van der Waals surface area contributed by atoms with Crippen LogP contribution in [0.3, 0.4) is 0 Å². The maximum absolute atomic E-state index is 12.2. The van der Waals surface area contributed by atoms with Crippen molar-refractivity contribution in [3.63, 3.8) is 0 Å². The topological polar surface area (TPSA) is 90.0 Å². The fraction of sp³-hybridized carbons (Fsp3) is 0.417. The molecule has 8 heteroatoms. The summed E-state index contributed by atoms with van der Waals surface area (Å²) in [6, 6.07) is 1.61. The molecule has 0 saturated carbocycles. The number of aryl methyl sites for hydroxylation is 2. The first-order chi connectivity index (χ1) is 9.35. The molecule has 0 atom stereocenters.